The van der Waals surface area contributed by atoms with Crippen LogP contribution in [0.2, 0.25) is 0 Å². The van der Waals surface area contributed by atoms with E-state index in [0.717, 1.165) is 29.5 Å². The van der Waals surface area contributed by atoms with E-state index in [1.165, 1.54) is 11.0 Å². The number of fused-ring (bicyclic) bond motifs is 1. The van der Waals surface area contributed by atoms with E-state index in [4.69, 9.17) is 15.2 Å². The molecule has 1 aliphatic rings. The zero-order chi connectivity index (χ0) is 22.5. The lowest BCUT2D eigenvalue weighted by Crippen LogP contribution is -2.38. The van der Waals surface area contributed by atoms with Crippen LogP contribution >= 0.6 is 0 Å². The Hall–Kier alpha value is -2.93. The van der Waals surface area contributed by atoms with Gasteiger partial charge >= 0.3 is 6.16 Å². The average molecular weight is 429 g/mol. The van der Waals surface area contributed by atoms with E-state index >= 15 is 0 Å². The Bertz CT molecular complexity index is 961. The third kappa shape index (κ3) is 5.61. The fourth-order valence-electron chi connectivity index (χ4n) is 3.75. The first-order valence-electron chi connectivity index (χ1n) is 10.5. The molecule has 2 N–H and O–H groups in total. The number of ether oxygens (including phenoxy) is 2. The average Bonchev–Trinajstić information content (AvgIpc) is 2.72. The predicted molar refractivity (Wildman–Crippen MR) is 117 cm³/mol. The second kappa shape index (κ2) is 9.92. The van der Waals surface area contributed by atoms with E-state index in [0.29, 0.717) is 18.0 Å². The van der Waals surface area contributed by atoms with Crippen LogP contribution < -0.4 is 15.4 Å². The van der Waals surface area contributed by atoms with E-state index in [1.807, 2.05) is 26.8 Å². The highest BCUT2D eigenvalue weighted by Crippen LogP contribution is 2.32. The molecule has 0 saturated carbocycles. The van der Waals surface area contributed by atoms with E-state index in [-0.39, 0.29) is 30.7 Å². The minimum atomic E-state index is -0.758. The molecule has 2 aromatic rings. The number of carbonyl (C=O) groups excluding carboxylic acids is 2. The molecule has 1 amide bonds. The quantitative estimate of drug-likeness (QED) is 0.534. The maximum absolute atomic E-state index is 14.4. The number of nitrogens with zero attached hydrogens (tertiary/aromatic N) is 1. The first kappa shape index (κ1) is 22.7. The Kier molecular flexibility index (Phi) is 7.28. The number of hydrogen-bond donors (Lipinski definition) is 1. The van der Waals surface area contributed by atoms with Gasteiger partial charge in [0.15, 0.2) is 0 Å². The summed E-state index contributed by atoms with van der Waals surface area (Å²) in [5.74, 6) is -0.0372. The molecular weight excluding hydrogens is 399 g/mol. The summed E-state index contributed by atoms with van der Waals surface area (Å²) in [6, 6.07) is 9.38. The van der Waals surface area contributed by atoms with Gasteiger partial charge in [-0.2, -0.15) is 0 Å². The molecule has 0 fully saturated rings. The lowest BCUT2D eigenvalue weighted by atomic mass is 9.97. The molecule has 0 aromatic heterocycles. The monoisotopic (exact) mass is 428 g/mol. The fraction of sp³-hybridized carbons (Fsp3) is 0.417. The molecule has 166 valence electrons. The van der Waals surface area contributed by atoms with Gasteiger partial charge < -0.3 is 20.1 Å². The van der Waals surface area contributed by atoms with Crippen molar-refractivity contribution >= 4 is 17.7 Å². The topological polar surface area (TPSA) is 81.9 Å². The van der Waals surface area contributed by atoms with Gasteiger partial charge in [0.2, 0.25) is 5.91 Å². The SMILES string of the molecule is Cc1cc(OC(=O)OCC(C)C)ccc1C(N)CC(=O)N1CCCc2cccc(F)c21. The summed E-state index contributed by atoms with van der Waals surface area (Å²) >= 11 is 0. The van der Waals surface area contributed by atoms with Crippen LogP contribution in [0, 0.1) is 18.7 Å². The van der Waals surface area contributed by atoms with Crippen molar-refractivity contribution in [3.8, 4) is 5.75 Å². The van der Waals surface area contributed by atoms with Gasteiger partial charge in [0.25, 0.3) is 0 Å². The van der Waals surface area contributed by atoms with E-state index in [2.05, 4.69) is 0 Å². The number of hydrogen-bond acceptors (Lipinski definition) is 5. The second-order valence-corrected chi connectivity index (χ2v) is 8.28. The molecule has 0 radical (unpaired) electrons. The molecule has 0 aliphatic carbocycles. The Balaban J connectivity index is 1.67. The highest BCUT2D eigenvalue weighted by Gasteiger charge is 2.27. The molecule has 1 aliphatic heterocycles. The molecule has 0 saturated heterocycles. The lowest BCUT2D eigenvalue weighted by Gasteiger charge is -2.30. The zero-order valence-corrected chi connectivity index (χ0v) is 18.2. The number of benzene rings is 2. The number of rotatable bonds is 6. The molecule has 1 unspecified atom stereocenters. The Morgan fingerprint density at radius 1 is 1.23 bits per heavy atom. The minimum Gasteiger partial charge on any atom is -0.434 e. The van der Waals surface area contributed by atoms with Crippen molar-refractivity contribution in [2.45, 2.75) is 46.1 Å². The molecule has 0 bridgehead atoms. The predicted octanol–water partition coefficient (Wildman–Crippen LogP) is 4.67. The van der Waals surface area contributed by atoms with Crippen LogP contribution in [0.4, 0.5) is 14.9 Å². The fourth-order valence-corrected chi connectivity index (χ4v) is 3.75. The summed E-state index contributed by atoms with van der Waals surface area (Å²) < 4.78 is 24.6. The molecule has 3 rings (SSSR count). The number of halogens is 1. The standard InChI is InChI=1S/C24H29FN2O4/c1-15(2)14-30-24(29)31-18-9-10-19(16(3)12-18)21(26)13-22(28)27-11-5-7-17-6-4-8-20(25)23(17)27/h4,6,8-10,12,15,21H,5,7,11,13-14,26H2,1-3H3. The molecule has 7 heteroatoms. The first-order chi connectivity index (χ1) is 14.8. The van der Waals surface area contributed by atoms with Gasteiger partial charge in [0.05, 0.1) is 12.3 Å². The number of para-hydroxylation sites is 1. The number of nitrogens with two attached hydrogens (primary N) is 1. The van der Waals surface area contributed by atoms with Gasteiger partial charge in [-0.3, -0.25) is 4.79 Å². The van der Waals surface area contributed by atoms with Crippen molar-refractivity contribution in [3.05, 3.63) is 58.9 Å². The number of anilines is 1. The van der Waals surface area contributed by atoms with Crippen LogP contribution in [0.25, 0.3) is 0 Å². The van der Waals surface area contributed by atoms with Gasteiger partial charge in [-0.05, 0) is 60.6 Å². The number of amides is 1. The maximum atomic E-state index is 14.4. The molecular formula is C24H29FN2O4. The Labute approximate surface area is 182 Å². The highest BCUT2D eigenvalue weighted by atomic mass is 19.1. The summed E-state index contributed by atoms with van der Waals surface area (Å²) in [4.78, 5) is 26.2. The van der Waals surface area contributed by atoms with Crippen molar-refractivity contribution in [3.63, 3.8) is 0 Å². The van der Waals surface area contributed by atoms with Crippen LogP contribution in [-0.2, 0) is 16.0 Å². The molecule has 1 heterocycles. The summed E-state index contributed by atoms with van der Waals surface area (Å²) in [5.41, 5.74) is 9.09. The molecule has 6 nitrogen and oxygen atoms in total. The van der Waals surface area contributed by atoms with Gasteiger partial charge in [-0.15, -0.1) is 0 Å². The smallest absolute Gasteiger partial charge is 0.434 e. The summed E-state index contributed by atoms with van der Waals surface area (Å²) in [6.45, 7) is 6.46. The van der Waals surface area contributed by atoms with Crippen LogP contribution in [0.15, 0.2) is 36.4 Å². The maximum Gasteiger partial charge on any atom is 0.513 e. The van der Waals surface area contributed by atoms with Crippen molar-refractivity contribution in [1.82, 2.24) is 0 Å². The summed E-state index contributed by atoms with van der Waals surface area (Å²) in [5, 5.41) is 0. The van der Waals surface area contributed by atoms with Crippen LogP contribution in [0.5, 0.6) is 5.75 Å². The third-order valence-corrected chi connectivity index (χ3v) is 5.24. The summed E-state index contributed by atoms with van der Waals surface area (Å²) in [6.07, 6.45) is 0.829. The lowest BCUT2D eigenvalue weighted by molar-refractivity contribution is -0.119. The van der Waals surface area contributed by atoms with E-state index < -0.39 is 12.2 Å². The number of aryl methyl sites for hydroxylation is 2. The van der Waals surface area contributed by atoms with Crippen molar-refractivity contribution in [1.29, 1.82) is 0 Å². The molecule has 2 aromatic carbocycles. The normalized spacial score (nSPS) is 14.2. The van der Waals surface area contributed by atoms with Crippen molar-refractivity contribution in [2.24, 2.45) is 11.7 Å². The largest absolute Gasteiger partial charge is 0.513 e. The highest BCUT2D eigenvalue weighted by molar-refractivity contribution is 5.95. The van der Waals surface area contributed by atoms with Crippen LogP contribution in [0.1, 0.15) is 49.4 Å². The van der Waals surface area contributed by atoms with Crippen LogP contribution in [0.3, 0.4) is 0 Å². The zero-order valence-electron chi connectivity index (χ0n) is 18.2. The first-order valence-corrected chi connectivity index (χ1v) is 10.5. The molecule has 0 spiro atoms. The molecule has 1 atom stereocenters. The minimum absolute atomic E-state index is 0.0469. The van der Waals surface area contributed by atoms with Gasteiger partial charge in [-0.1, -0.05) is 32.0 Å². The van der Waals surface area contributed by atoms with Crippen LogP contribution in [-0.4, -0.2) is 25.2 Å². The van der Waals surface area contributed by atoms with Gasteiger partial charge in [0, 0.05) is 19.0 Å². The second-order valence-electron chi connectivity index (χ2n) is 8.28. The van der Waals surface area contributed by atoms with Crippen molar-refractivity contribution in [2.75, 3.05) is 18.1 Å². The number of carbonyl (C=O) groups is 2. The summed E-state index contributed by atoms with van der Waals surface area (Å²) in [7, 11) is 0. The van der Waals surface area contributed by atoms with E-state index in [9.17, 15) is 14.0 Å². The Morgan fingerprint density at radius 2 is 2.00 bits per heavy atom. The van der Waals surface area contributed by atoms with Gasteiger partial charge in [0.1, 0.15) is 11.6 Å². The van der Waals surface area contributed by atoms with Gasteiger partial charge in [-0.25, -0.2) is 9.18 Å². The molecule has 31 heavy (non-hydrogen) atoms. The van der Waals surface area contributed by atoms with Crippen molar-refractivity contribution < 1.29 is 23.5 Å². The Morgan fingerprint density at radius 3 is 2.71 bits per heavy atom. The van der Waals surface area contributed by atoms with E-state index in [1.54, 1.807) is 24.3 Å². The third-order valence-electron chi connectivity index (χ3n) is 5.24.